The molecule has 1 aliphatic rings. The second-order valence-electron chi connectivity index (χ2n) is 3.24. The lowest BCUT2D eigenvalue weighted by atomic mass is 10.3. The predicted molar refractivity (Wildman–Crippen MR) is 44.1 cm³/mol. The van der Waals surface area contributed by atoms with Crippen LogP contribution in [0.15, 0.2) is 0 Å². The van der Waals surface area contributed by atoms with Crippen LogP contribution in [0.2, 0.25) is 0 Å². The van der Waals surface area contributed by atoms with Gasteiger partial charge in [-0.3, -0.25) is 4.90 Å². The molecule has 1 heterocycles. The van der Waals surface area contributed by atoms with Gasteiger partial charge in [0.2, 0.25) is 0 Å². The third-order valence-corrected chi connectivity index (χ3v) is 2.22. The van der Waals surface area contributed by atoms with Crippen molar-refractivity contribution in [3.8, 4) is 6.07 Å². The van der Waals surface area contributed by atoms with Crippen molar-refractivity contribution >= 4 is 0 Å². The summed E-state index contributed by atoms with van der Waals surface area (Å²) in [5.41, 5.74) is 0. The van der Waals surface area contributed by atoms with Crippen LogP contribution in [0.25, 0.3) is 0 Å². The molecule has 0 aromatic carbocycles. The van der Waals surface area contributed by atoms with E-state index in [1.807, 2.05) is 7.05 Å². The van der Waals surface area contributed by atoms with Gasteiger partial charge in [0.15, 0.2) is 0 Å². The van der Waals surface area contributed by atoms with Crippen molar-refractivity contribution in [1.82, 2.24) is 9.80 Å². The van der Waals surface area contributed by atoms with Crippen LogP contribution in [0, 0.1) is 11.3 Å². The maximum absolute atomic E-state index is 8.79. The second-order valence-corrected chi connectivity index (χ2v) is 3.24. The van der Waals surface area contributed by atoms with Crippen LogP contribution < -0.4 is 0 Å². The molecule has 0 bridgehead atoms. The monoisotopic (exact) mass is 153 g/mol. The highest BCUT2D eigenvalue weighted by molar-refractivity contribution is 4.93. The van der Waals surface area contributed by atoms with Crippen LogP contribution >= 0.6 is 0 Å². The van der Waals surface area contributed by atoms with Crippen molar-refractivity contribution in [3.63, 3.8) is 0 Å². The Balaban J connectivity index is 2.54. The molecule has 3 heteroatoms. The number of rotatable bonds is 0. The molecule has 1 saturated heterocycles. The Kier molecular flexibility index (Phi) is 2.86. The molecule has 0 aromatic heterocycles. The Morgan fingerprint density at radius 3 is 2.73 bits per heavy atom. The van der Waals surface area contributed by atoms with E-state index in [1.165, 1.54) is 6.42 Å². The van der Waals surface area contributed by atoms with E-state index in [-0.39, 0.29) is 6.04 Å². The summed E-state index contributed by atoms with van der Waals surface area (Å²) >= 11 is 0. The maximum atomic E-state index is 8.79. The minimum atomic E-state index is 0.0856. The first-order valence-electron chi connectivity index (χ1n) is 4.02. The molecule has 0 N–H and O–H groups in total. The lowest BCUT2D eigenvalue weighted by Gasteiger charge is -2.20. The molecule has 1 atom stereocenters. The Morgan fingerprint density at radius 1 is 1.36 bits per heavy atom. The van der Waals surface area contributed by atoms with Crippen molar-refractivity contribution in [2.75, 3.05) is 33.7 Å². The lowest BCUT2D eigenvalue weighted by molar-refractivity contribution is 0.270. The van der Waals surface area contributed by atoms with E-state index < -0.39 is 0 Å². The molecule has 0 saturated carbocycles. The van der Waals surface area contributed by atoms with Crippen LogP contribution in [0.4, 0.5) is 0 Å². The zero-order chi connectivity index (χ0) is 8.27. The normalized spacial score (nSPS) is 29.4. The molecule has 1 rings (SSSR count). The van der Waals surface area contributed by atoms with E-state index in [4.69, 9.17) is 5.26 Å². The van der Waals surface area contributed by atoms with Crippen molar-refractivity contribution in [2.45, 2.75) is 12.5 Å². The number of hydrogen-bond donors (Lipinski definition) is 0. The summed E-state index contributed by atoms with van der Waals surface area (Å²) in [5.74, 6) is 0. The SMILES string of the molecule is CN1CCCN(C)[C@H](C#N)C1. The molecule has 0 radical (unpaired) electrons. The first kappa shape index (κ1) is 8.51. The van der Waals surface area contributed by atoms with E-state index in [9.17, 15) is 0 Å². The molecule has 0 amide bonds. The van der Waals surface area contributed by atoms with Crippen LogP contribution in [-0.2, 0) is 0 Å². The van der Waals surface area contributed by atoms with Crippen LogP contribution in [0.1, 0.15) is 6.42 Å². The number of nitriles is 1. The summed E-state index contributed by atoms with van der Waals surface area (Å²) < 4.78 is 0. The van der Waals surface area contributed by atoms with Gasteiger partial charge in [-0.15, -0.1) is 0 Å². The van der Waals surface area contributed by atoms with Crippen molar-refractivity contribution in [2.24, 2.45) is 0 Å². The van der Waals surface area contributed by atoms with Crippen LogP contribution in [0.5, 0.6) is 0 Å². The average Bonchev–Trinajstić information content (AvgIpc) is 2.13. The van der Waals surface area contributed by atoms with Gasteiger partial charge in [0.25, 0.3) is 0 Å². The summed E-state index contributed by atoms with van der Waals surface area (Å²) in [6.07, 6.45) is 1.17. The van der Waals surface area contributed by atoms with Gasteiger partial charge in [-0.25, -0.2) is 0 Å². The van der Waals surface area contributed by atoms with Gasteiger partial charge < -0.3 is 4.90 Å². The van der Waals surface area contributed by atoms with Gasteiger partial charge >= 0.3 is 0 Å². The van der Waals surface area contributed by atoms with E-state index in [0.29, 0.717) is 0 Å². The van der Waals surface area contributed by atoms with Crippen LogP contribution in [-0.4, -0.2) is 49.6 Å². The van der Waals surface area contributed by atoms with Gasteiger partial charge in [0.1, 0.15) is 6.04 Å². The first-order chi connectivity index (χ1) is 5.24. The number of likely N-dealkylation sites (N-methyl/N-ethyl adjacent to an activating group) is 2. The Hall–Kier alpha value is -0.590. The van der Waals surface area contributed by atoms with Crippen molar-refractivity contribution < 1.29 is 0 Å². The standard InChI is InChI=1S/C8H15N3/c1-10-4-3-5-11(2)8(6-9)7-10/h8H,3-5,7H2,1-2H3/t8-/m1/s1. The molecule has 11 heavy (non-hydrogen) atoms. The molecule has 62 valence electrons. The highest BCUT2D eigenvalue weighted by Gasteiger charge is 2.18. The molecule has 0 unspecified atom stereocenters. The van der Waals surface area contributed by atoms with Gasteiger partial charge in [0, 0.05) is 13.1 Å². The third-order valence-electron chi connectivity index (χ3n) is 2.22. The molecule has 3 nitrogen and oxygen atoms in total. The highest BCUT2D eigenvalue weighted by atomic mass is 15.2. The van der Waals surface area contributed by atoms with Crippen LogP contribution in [0.3, 0.4) is 0 Å². The van der Waals surface area contributed by atoms with E-state index in [2.05, 4.69) is 22.9 Å². The van der Waals surface area contributed by atoms with Gasteiger partial charge in [0.05, 0.1) is 6.07 Å². The highest BCUT2D eigenvalue weighted by Crippen LogP contribution is 2.04. The Labute approximate surface area is 68.2 Å². The maximum Gasteiger partial charge on any atom is 0.110 e. The molecular weight excluding hydrogens is 138 g/mol. The summed E-state index contributed by atoms with van der Waals surface area (Å²) in [6.45, 7) is 3.04. The van der Waals surface area contributed by atoms with E-state index in [1.54, 1.807) is 0 Å². The zero-order valence-electron chi connectivity index (χ0n) is 7.25. The molecule has 1 aliphatic heterocycles. The minimum absolute atomic E-state index is 0.0856. The van der Waals surface area contributed by atoms with Gasteiger partial charge in [-0.2, -0.15) is 5.26 Å². The summed E-state index contributed by atoms with van der Waals surface area (Å²) in [5, 5.41) is 8.79. The minimum Gasteiger partial charge on any atom is -0.304 e. The van der Waals surface area contributed by atoms with Gasteiger partial charge in [-0.05, 0) is 27.1 Å². The Bertz CT molecular complexity index is 161. The number of hydrogen-bond acceptors (Lipinski definition) is 3. The third kappa shape index (κ3) is 2.18. The van der Waals surface area contributed by atoms with Crippen molar-refractivity contribution in [1.29, 1.82) is 5.26 Å². The predicted octanol–water partition coefficient (Wildman–Crippen LogP) is 0.146. The summed E-state index contributed by atoms with van der Waals surface area (Å²) in [4.78, 5) is 4.35. The largest absolute Gasteiger partial charge is 0.304 e. The molecular formula is C8H15N3. The fourth-order valence-electron chi connectivity index (χ4n) is 1.41. The molecule has 0 aliphatic carbocycles. The number of nitrogens with zero attached hydrogens (tertiary/aromatic N) is 3. The average molecular weight is 153 g/mol. The Morgan fingerprint density at radius 2 is 2.09 bits per heavy atom. The first-order valence-corrected chi connectivity index (χ1v) is 4.02. The summed E-state index contributed by atoms with van der Waals surface area (Å²) in [7, 11) is 4.09. The summed E-state index contributed by atoms with van der Waals surface area (Å²) in [6, 6.07) is 2.39. The van der Waals surface area contributed by atoms with Crippen molar-refractivity contribution in [3.05, 3.63) is 0 Å². The van der Waals surface area contributed by atoms with Gasteiger partial charge in [-0.1, -0.05) is 0 Å². The molecule has 0 spiro atoms. The van der Waals surface area contributed by atoms with E-state index >= 15 is 0 Å². The second kappa shape index (κ2) is 3.70. The van der Waals surface area contributed by atoms with E-state index in [0.717, 1.165) is 19.6 Å². The smallest absolute Gasteiger partial charge is 0.110 e. The zero-order valence-corrected chi connectivity index (χ0v) is 7.25. The quantitative estimate of drug-likeness (QED) is 0.496. The molecule has 1 fully saturated rings. The topological polar surface area (TPSA) is 30.3 Å². The lowest BCUT2D eigenvalue weighted by Crippen LogP contribution is -2.36. The molecule has 0 aromatic rings. The fraction of sp³-hybridized carbons (Fsp3) is 0.875. The fourth-order valence-corrected chi connectivity index (χ4v) is 1.41.